The van der Waals surface area contributed by atoms with Gasteiger partial charge in [0.05, 0.1) is 18.4 Å². The fourth-order valence-electron chi connectivity index (χ4n) is 2.14. The van der Waals surface area contributed by atoms with Crippen molar-refractivity contribution in [3.8, 4) is 0 Å². The Kier molecular flexibility index (Phi) is 6.88. The third-order valence-electron chi connectivity index (χ3n) is 3.52. The minimum Gasteiger partial charge on any atom is -0.465 e. The summed E-state index contributed by atoms with van der Waals surface area (Å²) in [5, 5.41) is 2.89. The lowest BCUT2D eigenvalue weighted by molar-refractivity contribution is -0.113. The van der Waals surface area contributed by atoms with Gasteiger partial charge in [-0.25, -0.2) is 4.79 Å². The molecule has 0 atom stereocenters. The molecule has 5 heteroatoms. The monoisotopic (exact) mass is 343 g/mol. The summed E-state index contributed by atoms with van der Waals surface area (Å²) in [6, 6.07) is 15.1. The van der Waals surface area contributed by atoms with E-state index in [1.807, 2.05) is 36.4 Å². The van der Waals surface area contributed by atoms with Crippen LogP contribution in [-0.4, -0.2) is 24.7 Å². The van der Waals surface area contributed by atoms with E-state index >= 15 is 0 Å². The number of carbonyl (C=O) groups is 2. The highest BCUT2D eigenvalue weighted by Crippen LogP contribution is 2.15. The van der Waals surface area contributed by atoms with Crippen LogP contribution in [0.4, 0.5) is 5.69 Å². The molecule has 0 spiro atoms. The molecule has 1 N–H and O–H groups in total. The number of esters is 1. The maximum Gasteiger partial charge on any atom is 0.337 e. The molecule has 0 bridgehead atoms. The zero-order chi connectivity index (χ0) is 17.4. The van der Waals surface area contributed by atoms with Crippen molar-refractivity contribution in [2.45, 2.75) is 19.1 Å². The number of methoxy groups -OCH3 is 1. The Morgan fingerprint density at radius 2 is 1.62 bits per heavy atom. The molecule has 4 nitrogen and oxygen atoms in total. The van der Waals surface area contributed by atoms with Crippen molar-refractivity contribution < 1.29 is 14.3 Å². The van der Waals surface area contributed by atoms with Gasteiger partial charge in [0, 0.05) is 11.4 Å². The lowest BCUT2D eigenvalue weighted by Crippen LogP contribution is -2.14. The number of benzene rings is 2. The van der Waals surface area contributed by atoms with Gasteiger partial charge in [0.2, 0.25) is 5.91 Å². The van der Waals surface area contributed by atoms with E-state index in [-0.39, 0.29) is 11.9 Å². The van der Waals surface area contributed by atoms with E-state index in [4.69, 9.17) is 0 Å². The van der Waals surface area contributed by atoms with Gasteiger partial charge < -0.3 is 10.1 Å². The number of nitrogens with one attached hydrogen (secondary N) is 1. The Morgan fingerprint density at radius 3 is 2.21 bits per heavy atom. The Labute approximate surface area is 146 Å². The Balaban J connectivity index is 1.76. The van der Waals surface area contributed by atoms with Gasteiger partial charge in [-0.1, -0.05) is 31.2 Å². The Bertz CT molecular complexity index is 681. The minimum atomic E-state index is -0.345. The van der Waals surface area contributed by atoms with E-state index in [0.29, 0.717) is 17.1 Å². The molecule has 2 aromatic rings. The van der Waals surface area contributed by atoms with Gasteiger partial charge in [-0.3, -0.25) is 4.79 Å². The molecule has 0 saturated heterocycles. The third-order valence-corrected chi connectivity index (χ3v) is 4.53. The summed E-state index contributed by atoms with van der Waals surface area (Å²) in [5.74, 6) is 0.732. The first kappa shape index (κ1) is 18.1. The van der Waals surface area contributed by atoms with Gasteiger partial charge in [0.15, 0.2) is 0 Å². The molecule has 24 heavy (non-hydrogen) atoms. The summed E-state index contributed by atoms with van der Waals surface area (Å²) in [6.45, 7) is 2.10. The van der Waals surface area contributed by atoms with Crippen molar-refractivity contribution in [3.05, 3.63) is 65.2 Å². The first-order chi connectivity index (χ1) is 11.6. The molecular weight excluding hydrogens is 322 g/mol. The lowest BCUT2D eigenvalue weighted by atomic mass is 10.1. The number of thioether (sulfide) groups is 1. The Morgan fingerprint density at radius 1 is 1.00 bits per heavy atom. The second kappa shape index (κ2) is 9.13. The molecule has 0 aliphatic heterocycles. The molecule has 0 radical (unpaired) electrons. The summed E-state index contributed by atoms with van der Waals surface area (Å²) in [5.41, 5.74) is 3.66. The minimum absolute atomic E-state index is 0.0181. The molecule has 0 aliphatic carbocycles. The van der Waals surface area contributed by atoms with Crippen LogP contribution in [0.25, 0.3) is 0 Å². The number of hydrogen-bond acceptors (Lipinski definition) is 4. The topological polar surface area (TPSA) is 55.4 Å². The largest absolute Gasteiger partial charge is 0.465 e. The van der Waals surface area contributed by atoms with Crippen LogP contribution in [0.15, 0.2) is 48.5 Å². The summed E-state index contributed by atoms with van der Waals surface area (Å²) >= 11 is 1.53. The van der Waals surface area contributed by atoms with Crippen molar-refractivity contribution in [3.63, 3.8) is 0 Å². The smallest absolute Gasteiger partial charge is 0.337 e. The highest BCUT2D eigenvalue weighted by Gasteiger charge is 2.06. The second-order valence-electron chi connectivity index (χ2n) is 5.28. The number of carbonyl (C=O) groups excluding carboxylic acids is 2. The zero-order valence-corrected chi connectivity index (χ0v) is 14.7. The number of aryl methyl sites for hydroxylation is 1. The summed E-state index contributed by atoms with van der Waals surface area (Å²) < 4.78 is 4.66. The quantitative estimate of drug-likeness (QED) is 0.775. The number of hydrogen-bond donors (Lipinski definition) is 1. The molecule has 0 heterocycles. The van der Waals surface area contributed by atoms with Gasteiger partial charge >= 0.3 is 5.97 Å². The molecule has 2 rings (SSSR count). The van der Waals surface area contributed by atoms with Gasteiger partial charge in [-0.05, 0) is 41.8 Å². The summed E-state index contributed by atoms with van der Waals surface area (Å²) in [6.07, 6.45) is 0.985. The van der Waals surface area contributed by atoms with E-state index in [0.717, 1.165) is 17.7 Å². The number of amides is 1. The molecule has 0 fully saturated rings. The number of ether oxygens (including phenoxy) is 1. The number of anilines is 1. The highest BCUT2D eigenvalue weighted by molar-refractivity contribution is 7.99. The van der Waals surface area contributed by atoms with Crippen molar-refractivity contribution in [2.75, 3.05) is 18.2 Å². The van der Waals surface area contributed by atoms with Gasteiger partial charge in [0.1, 0.15) is 0 Å². The van der Waals surface area contributed by atoms with E-state index in [1.54, 1.807) is 12.1 Å². The second-order valence-corrected chi connectivity index (χ2v) is 6.27. The van der Waals surface area contributed by atoms with Crippen LogP contribution in [0.3, 0.4) is 0 Å². The summed E-state index contributed by atoms with van der Waals surface area (Å²) in [4.78, 5) is 23.3. The first-order valence-corrected chi connectivity index (χ1v) is 8.91. The van der Waals surface area contributed by atoms with Gasteiger partial charge in [-0.15, -0.1) is 11.8 Å². The van der Waals surface area contributed by atoms with Crippen molar-refractivity contribution >= 4 is 29.3 Å². The van der Waals surface area contributed by atoms with Gasteiger partial charge in [-0.2, -0.15) is 0 Å². The first-order valence-electron chi connectivity index (χ1n) is 7.76. The van der Waals surface area contributed by atoms with E-state index in [2.05, 4.69) is 17.0 Å². The zero-order valence-electron chi connectivity index (χ0n) is 13.9. The average Bonchev–Trinajstić information content (AvgIpc) is 2.62. The van der Waals surface area contributed by atoms with Crippen LogP contribution in [0.1, 0.15) is 28.4 Å². The average molecular weight is 343 g/mol. The van der Waals surface area contributed by atoms with Crippen LogP contribution in [0, 0.1) is 0 Å². The van der Waals surface area contributed by atoms with Crippen molar-refractivity contribution in [1.82, 2.24) is 0 Å². The molecule has 1 amide bonds. The lowest BCUT2D eigenvalue weighted by Gasteiger charge is -2.06. The van der Waals surface area contributed by atoms with Crippen molar-refractivity contribution in [2.24, 2.45) is 0 Å². The van der Waals surface area contributed by atoms with E-state index < -0.39 is 0 Å². The van der Waals surface area contributed by atoms with Crippen LogP contribution < -0.4 is 5.32 Å². The fraction of sp³-hybridized carbons (Fsp3) is 0.263. The summed E-state index contributed by atoms with van der Waals surface area (Å²) in [7, 11) is 1.36. The number of rotatable bonds is 7. The fourth-order valence-corrected chi connectivity index (χ4v) is 2.93. The van der Waals surface area contributed by atoms with Crippen molar-refractivity contribution in [1.29, 1.82) is 0 Å². The van der Waals surface area contributed by atoms with E-state index in [9.17, 15) is 9.59 Å². The standard InChI is InChI=1S/C19H21NO3S/c1-3-14-6-10-17(11-7-14)20-18(21)13-24-12-15-4-8-16(9-5-15)19(22)23-2/h4-11H,3,12-13H2,1-2H3,(H,20,21). The van der Waals surface area contributed by atoms with Crippen LogP contribution in [-0.2, 0) is 21.7 Å². The van der Waals surface area contributed by atoms with Crippen LogP contribution >= 0.6 is 11.8 Å². The predicted molar refractivity (Wildman–Crippen MR) is 98.4 cm³/mol. The third kappa shape index (κ3) is 5.42. The maximum atomic E-state index is 11.9. The molecule has 126 valence electrons. The molecule has 2 aromatic carbocycles. The maximum absolute atomic E-state index is 11.9. The normalized spacial score (nSPS) is 10.2. The molecular formula is C19H21NO3S. The molecule has 0 aliphatic rings. The molecule has 0 aromatic heterocycles. The molecule has 0 unspecified atom stereocenters. The SMILES string of the molecule is CCc1ccc(NC(=O)CSCc2ccc(C(=O)OC)cc2)cc1. The predicted octanol–water partition coefficient (Wildman–Crippen LogP) is 3.91. The van der Waals surface area contributed by atoms with Crippen LogP contribution in [0.5, 0.6) is 0 Å². The molecule has 0 saturated carbocycles. The Hall–Kier alpha value is -2.27. The highest BCUT2D eigenvalue weighted by atomic mass is 32.2. The van der Waals surface area contributed by atoms with Crippen LogP contribution in [0.2, 0.25) is 0 Å². The van der Waals surface area contributed by atoms with E-state index in [1.165, 1.54) is 24.4 Å². The van der Waals surface area contributed by atoms with Gasteiger partial charge in [0.25, 0.3) is 0 Å².